The third-order valence-electron chi connectivity index (χ3n) is 3.13. The summed E-state index contributed by atoms with van der Waals surface area (Å²) in [7, 11) is -1.43. The van der Waals surface area contributed by atoms with Crippen molar-refractivity contribution < 1.29 is 17.9 Å². The van der Waals surface area contributed by atoms with Crippen LogP contribution in [0.25, 0.3) is 0 Å². The second-order valence-electron chi connectivity index (χ2n) is 4.68. The van der Waals surface area contributed by atoms with Crippen molar-refractivity contribution in [3.8, 4) is 0 Å². The summed E-state index contributed by atoms with van der Waals surface area (Å²) in [5, 5.41) is 0.628. The Hall–Kier alpha value is -1.90. The number of carbonyl (C=O) groups is 1. The van der Waals surface area contributed by atoms with Crippen LogP contribution in [-0.2, 0) is 20.5 Å². The van der Waals surface area contributed by atoms with Gasteiger partial charge in [-0.25, -0.2) is 23.2 Å². The first-order valence-electron chi connectivity index (χ1n) is 6.56. The number of rotatable bonds is 5. The fourth-order valence-electron chi connectivity index (χ4n) is 1.87. The van der Waals surface area contributed by atoms with Gasteiger partial charge in [-0.15, -0.1) is 0 Å². The summed E-state index contributed by atoms with van der Waals surface area (Å²) >= 11 is 11.8. The number of hydrogen-bond donors (Lipinski definition) is 0. The average molecular weight is 390 g/mol. The molecule has 24 heavy (non-hydrogen) atoms. The third kappa shape index (κ3) is 3.95. The van der Waals surface area contributed by atoms with E-state index < -0.39 is 21.7 Å². The molecule has 1 aromatic carbocycles. The summed E-state index contributed by atoms with van der Waals surface area (Å²) in [6, 6.07) is 4.52. The molecule has 2 rings (SSSR count). The van der Waals surface area contributed by atoms with E-state index >= 15 is 0 Å². The van der Waals surface area contributed by atoms with Crippen LogP contribution in [0.5, 0.6) is 0 Å². The van der Waals surface area contributed by atoms with Gasteiger partial charge in [0.05, 0.1) is 12.9 Å². The maximum absolute atomic E-state index is 12.6. The smallest absolute Gasteiger partial charge is 0.360 e. The van der Waals surface area contributed by atoms with Crippen LogP contribution in [0.2, 0.25) is 10.0 Å². The minimum absolute atomic E-state index is 0.130. The number of benzene rings is 1. The van der Waals surface area contributed by atoms with Gasteiger partial charge in [-0.1, -0.05) is 29.3 Å². The molecule has 0 radical (unpaired) electrons. The van der Waals surface area contributed by atoms with Crippen LogP contribution >= 0.6 is 23.2 Å². The molecule has 1 heterocycles. The van der Waals surface area contributed by atoms with Crippen molar-refractivity contribution in [2.75, 3.05) is 18.5 Å². The Labute approximate surface area is 149 Å². The number of anilines is 1. The fraction of sp³-hybridized carbons (Fsp3) is 0.214. The Morgan fingerprint density at radius 1 is 1.25 bits per heavy atom. The summed E-state index contributed by atoms with van der Waals surface area (Å²) in [5.74, 6) is -1.31. The highest BCUT2D eigenvalue weighted by Gasteiger charge is 2.27. The van der Waals surface area contributed by atoms with Crippen molar-refractivity contribution in [2.45, 2.75) is 5.75 Å². The zero-order valence-electron chi connectivity index (χ0n) is 12.7. The zero-order chi connectivity index (χ0) is 17.9. The Kier molecular flexibility index (Phi) is 5.63. The molecule has 0 spiro atoms. The van der Waals surface area contributed by atoms with Gasteiger partial charge in [0.25, 0.3) is 0 Å². The lowest BCUT2D eigenvalue weighted by Crippen LogP contribution is -2.30. The standard InChI is InChI=1S/C14H13Cl2N3O4S/c1-19(13-12(14(20)23-2)17-5-6-18-13)24(21,22)8-9-3-4-10(15)7-11(9)16/h3-7H,8H2,1-2H3. The predicted octanol–water partition coefficient (Wildman–Crippen LogP) is 2.54. The first kappa shape index (κ1) is 18.4. The van der Waals surface area contributed by atoms with Crippen molar-refractivity contribution in [3.63, 3.8) is 0 Å². The molecule has 0 atom stereocenters. The lowest BCUT2D eigenvalue weighted by molar-refractivity contribution is 0.0594. The lowest BCUT2D eigenvalue weighted by atomic mass is 10.2. The highest BCUT2D eigenvalue weighted by molar-refractivity contribution is 7.92. The number of nitrogens with zero attached hydrogens (tertiary/aromatic N) is 3. The average Bonchev–Trinajstić information content (AvgIpc) is 2.56. The largest absolute Gasteiger partial charge is 0.464 e. The zero-order valence-corrected chi connectivity index (χ0v) is 15.1. The van der Waals surface area contributed by atoms with Crippen molar-refractivity contribution in [1.29, 1.82) is 0 Å². The molecule has 0 N–H and O–H groups in total. The van der Waals surface area contributed by atoms with Gasteiger partial charge in [0.2, 0.25) is 10.0 Å². The van der Waals surface area contributed by atoms with Gasteiger partial charge in [0.15, 0.2) is 11.5 Å². The monoisotopic (exact) mass is 389 g/mol. The summed E-state index contributed by atoms with van der Waals surface area (Å²) in [4.78, 5) is 19.5. The Balaban J connectivity index is 2.38. The number of ether oxygens (including phenoxy) is 1. The number of aromatic nitrogens is 2. The summed E-state index contributed by atoms with van der Waals surface area (Å²) < 4.78 is 30.7. The molecule has 1 aromatic heterocycles. The van der Waals surface area contributed by atoms with Crippen molar-refractivity contribution in [1.82, 2.24) is 9.97 Å². The number of sulfonamides is 1. The molecule has 0 aliphatic heterocycles. The predicted molar refractivity (Wildman–Crippen MR) is 90.9 cm³/mol. The molecule has 7 nitrogen and oxygen atoms in total. The Morgan fingerprint density at radius 2 is 1.92 bits per heavy atom. The van der Waals surface area contributed by atoms with Gasteiger partial charge >= 0.3 is 5.97 Å². The minimum Gasteiger partial charge on any atom is -0.464 e. The lowest BCUT2D eigenvalue weighted by Gasteiger charge is -2.20. The number of carbonyl (C=O) groups excluding carboxylic acids is 1. The first-order valence-corrected chi connectivity index (χ1v) is 8.92. The SMILES string of the molecule is COC(=O)c1nccnc1N(C)S(=O)(=O)Cc1ccc(Cl)cc1Cl. The van der Waals surface area contributed by atoms with E-state index in [0.29, 0.717) is 10.6 Å². The molecule has 0 aliphatic rings. The summed E-state index contributed by atoms with van der Waals surface area (Å²) in [5.41, 5.74) is 0.171. The third-order valence-corrected chi connectivity index (χ3v) is 5.40. The second kappa shape index (κ2) is 7.33. The van der Waals surface area contributed by atoms with Crippen LogP contribution in [-0.4, -0.2) is 38.5 Å². The molecular formula is C14H13Cl2N3O4S. The van der Waals surface area contributed by atoms with Crippen LogP contribution in [0.1, 0.15) is 16.1 Å². The Morgan fingerprint density at radius 3 is 2.54 bits per heavy atom. The summed E-state index contributed by atoms with van der Waals surface area (Å²) in [6.45, 7) is 0. The van der Waals surface area contributed by atoms with Gasteiger partial charge in [0, 0.05) is 29.5 Å². The Bertz CT molecular complexity index is 874. The number of esters is 1. The minimum atomic E-state index is -3.87. The normalized spacial score (nSPS) is 11.2. The molecule has 0 saturated carbocycles. The van der Waals surface area contributed by atoms with Crippen LogP contribution in [0.15, 0.2) is 30.6 Å². The topological polar surface area (TPSA) is 89.5 Å². The fourth-order valence-corrected chi connectivity index (χ4v) is 3.66. The van der Waals surface area contributed by atoms with E-state index in [2.05, 4.69) is 14.7 Å². The molecule has 2 aromatic rings. The molecule has 128 valence electrons. The molecular weight excluding hydrogens is 377 g/mol. The summed E-state index contributed by atoms with van der Waals surface area (Å²) in [6.07, 6.45) is 2.55. The van der Waals surface area contributed by atoms with Crippen LogP contribution in [0, 0.1) is 0 Å². The van der Waals surface area contributed by atoms with E-state index in [4.69, 9.17) is 23.2 Å². The van der Waals surface area contributed by atoms with Crippen LogP contribution in [0.4, 0.5) is 5.82 Å². The van der Waals surface area contributed by atoms with Crippen LogP contribution in [0.3, 0.4) is 0 Å². The molecule has 0 amide bonds. The van der Waals surface area contributed by atoms with Crippen LogP contribution < -0.4 is 4.31 Å². The maximum Gasteiger partial charge on any atom is 0.360 e. The molecule has 0 unspecified atom stereocenters. The molecule has 10 heteroatoms. The number of hydrogen-bond acceptors (Lipinski definition) is 6. The van der Waals surface area contributed by atoms with Crippen molar-refractivity contribution in [2.24, 2.45) is 0 Å². The van der Waals surface area contributed by atoms with Crippen molar-refractivity contribution in [3.05, 3.63) is 51.9 Å². The highest BCUT2D eigenvalue weighted by atomic mass is 35.5. The second-order valence-corrected chi connectivity index (χ2v) is 7.52. The van der Waals surface area contributed by atoms with E-state index in [9.17, 15) is 13.2 Å². The maximum atomic E-state index is 12.6. The van der Waals surface area contributed by atoms with Crippen molar-refractivity contribution >= 4 is 45.0 Å². The quantitative estimate of drug-likeness (QED) is 0.729. The van der Waals surface area contributed by atoms with Gasteiger partial charge in [-0.2, -0.15) is 0 Å². The molecule has 0 aliphatic carbocycles. The molecule has 0 saturated heterocycles. The number of methoxy groups -OCH3 is 1. The van der Waals surface area contributed by atoms with E-state index in [-0.39, 0.29) is 16.5 Å². The molecule has 0 fully saturated rings. The van der Waals surface area contributed by atoms with E-state index in [0.717, 1.165) is 4.31 Å². The van der Waals surface area contributed by atoms with Gasteiger partial charge < -0.3 is 4.74 Å². The first-order chi connectivity index (χ1) is 11.3. The van der Waals surface area contributed by atoms with E-state index in [1.165, 1.54) is 38.7 Å². The number of halogens is 2. The van der Waals surface area contributed by atoms with Gasteiger partial charge in [-0.05, 0) is 17.7 Å². The highest BCUT2D eigenvalue weighted by Crippen LogP contribution is 2.25. The van der Waals surface area contributed by atoms with Gasteiger partial charge in [-0.3, -0.25) is 4.31 Å². The van der Waals surface area contributed by atoms with E-state index in [1.54, 1.807) is 6.07 Å². The van der Waals surface area contributed by atoms with Gasteiger partial charge in [0.1, 0.15) is 0 Å². The molecule has 0 bridgehead atoms. The van der Waals surface area contributed by atoms with E-state index in [1.807, 2.05) is 0 Å².